The van der Waals surface area contributed by atoms with Crippen LogP contribution in [0.3, 0.4) is 0 Å². The molecule has 0 aliphatic carbocycles. The standard InChI is InChI=1S/2C6F5.ClH.Sb/c2*7-2-1-3(8)5(10)6(11)4(2)9;;/h;;1H;/q;;;+1/p-1. The van der Waals surface area contributed by atoms with Crippen LogP contribution in [0.5, 0.6) is 0 Å². The number of rotatable bonds is 2. The summed E-state index contributed by atoms with van der Waals surface area (Å²) in [5.41, 5.74) is 0. The first-order valence-corrected chi connectivity index (χ1v) is 7.89. The Morgan fingerprint density at radius 3 is 0.708 bits per heavy atom. The molecule has 12 heteroatoms. The smallest absolute Gasteiger partial charge is 1.00 e. The van der Waals surface area contributed by atoms with Gasteiger partial charge >= 0.3 is 131 Å². The van der Waals surface area contributed by atoms with Crippen molar-refractivity contribution in [3.8, 4) is 0 Å². The van der Waals surface area contributed by atoms with Gasteiger partial charge in [-0.05, 0) is 0 Å². The molecule has 0 unspecified atom stereocenters. The van der Waals surface area contributed by atoms with Crippen LogP contribution in [0.15, 0.2) is 0 Å². The van der Waals surface area contributed by atoms with E-state index in [0.29, 0.717) is 0 Å². The molecule has 0 heterocycles. The quantitative estimate of drug-likeness (QED) is 0.235. The van der Waals surface area contributed by atoms with Gasteiger partial charge in [0, 0.05) is 0 Å². The maximum absolute atomic E-state index is 13.4. The number of hydrogen-bond donors (Lipinski definition) is 0. The second-order valence-corrected chi connectivity index (χ2v) is 7.14. The van der Waals surface area contributed by atoms with Crippen LogP contribution in [0.2, 0.25) is 0 Å². The third-order valence-corrected chi connectivity index (χ3v) is 6.11. The minimum Gasteiger partial charge on any atom is -1.00 e. The van der Waals surface area contributed by atoms with E-state index in [1.165, 1.54) is 0 Å². The number of hydrogen-bond acceptors (Lipinski definition) is 0. The fraction of sp³-hybridized carbons (Fsp3) is 0. The summed E-state index contributed by atoms with van der Waals surface area (Å²) in [6.45, 7) is 0. The summed E-state index contributed by atoms with van der Waals surface area (Å²) < 4.78 is 128. The Kier molecular flexibility index (Phi) is 6.43. The van der Waals surface area contributed by atoms with Gasteiger partial charge in [0.2, 0.25) is 0 Å². The Labute approximate surface area is 143 Å². The zero-order valence-corrected chi connectivity index (χ0v) is 13.9. The second kappa shape index (κ2) is 7.39. The van der Waals surface area contributed by atoms with Crippen molar-refractivity contribution in [1.82, 2.24) is 0 Å². The molecule has 2 aromatic carbocycles. The summed E-state index contributed by atoms with van der Waals surface area (Å²) in [6, 6.07) is 0. The summed E-state index contributed by atoms with van der Waals surface area (Å²) in [7, 11) is 0. The third kappa shape index (κ3) is 3.18. The maximum atomic E-state index is 13.4. The van der Waals surface area contributed by atoms with Gasteiger partial charge in [0.05, 0.1) is 0 Å². The predicted molar refractivity (Wildman–Crippen MR) is 57.5 cm³/mol. The SMILES string of the molecule is Fc1c(F)c(F)[c]([Sb+][c]2c(F)c(F)c(F)c(F)c2F)c(F)c1F.[Cl-]. The van der Waals surface area contributed by atoms with Gasteiger partial charge in [-0.25, -0.2) is 0 Å². The molecule has 0 amide bonds. The van der Waals surface area contributed by atoms with E-state index in [0.717, 1.165) is 0 Å². The Bertz CT molecular complexity index is 697. The summed E-state index contributed by atoms with van der Waals surface area (Å²) in [5.74, 6) is -24.0. The molecule has 24 heavy (non-hydrogen) atoms. The fourth-order valence-corrected chi connectivity index (χ4v) is 4.37. The van der Waals surface area contributed by atoms with Crippen LogP contribution in [0, 0.1) is 58.2 Å². The molecule has 2 aromatic rings. The summed E-state index contributed by atoms with van der Waals surface area (Å²) >= 11 is -3.38. The molecule has 0 fully saturated rings. The van der Waals surface area contributed by atoms with Gasteiger partial charge in [-0.1, -0.05) is 0 Å². The largest absolute Gasteiger partial charge is 1.00 e. The molecule has 130 valence electrons. The molecule has 0 bridgehead atoms. The van der Waals surface area contributed by atoms with Gasteiger partial charge in [0.25, 0.3) is 0 Å². The monoisotopic (exact) mass is 490 g/mol. The van der Waals surface area contributed by atoms with Crippen LogP contribution in [-0.4, -0.2) is 21.6 Å². The van der Waals surface area contributed by atoms with E-state index < -0.39 is 86.8 Å². The topological polar surface area (TPSA) is 0 Å². The van der Waals surface area contributed by atoms with Crippen LogP contribution < -0.4 is 19.4 Å². The molecule has 2 radical (unpaired) electrons. The average molecular weight is 491 g/mol. The zero-order valence-electron chi connectivity index (χ0n) is 10.6. The van der Waals surface area contributed by atoms with Crippen molar-refractivity contribution >= 4 is 28.6 Å². The van der Waals surface area contributed by atoms with Crippen LogP contribution in [0.1, 0.15) is 0 Å². The van der Waals surface area contributed by atoms with E-state index >= 15 is 0 Å². The Hall–Kier alpha value is -1.15. The van der Waals surface area contributed by atoms with Gasteiger partial charge in [-0.2, -0.15) is 0 Å². The van der Waals surface area contributed by atoms with Crippen LogP contribution in [-0.2, 0) is 0 Å². The maximum Gasteiger partial charge on any atom is -1.00 e. The first-order valence-electron chi connectivity index (χ1n) is 5.34. The zero-order chi connectivity index (χ0) is 17.6. The minimum absolute atomic E-state index is 0. The molecule has 0 spiro atoms. The molecule has 0 saturated carbocycles. The summed E-state index contributed by atoms with van der Waals surface area (Å²) in [5, 5.41) is 0. The van der Waals surface area contributed by atoms with Gasteiger partial charge in [-0.15, -0.1) is 0 Å². The van der Waals surface area contributed by atoms with E-state index in [9.17, 15) is 43.9 Å². The van der Waals surface area contributed by atoms with Crippen LogP contribution >= 0.6 is 0 Å². The Morgan fingerprint density at radius 2 is 0.500 bits per heavy atom. The van der Waals surface area contributed by atoms with Gasteiger partial charge in [0.1, 0.15) is 0 Å². The average Bonchev–Trinajstić information content (AvgIpc) is 2.54. The summed E-state index contributed by atoms with van der Waals surface area (Å²) in [4.78, 5) is 0. The molecular formula is C12ClF10Sb. The molecule has 0 saturated heterocycles. The Balaban J connectivity index is 0.00000288. The molecule has 0 aliphatic heterocycles. The van der Waals surface area contributed by atoms with Crippen molar-refractivity contribution in [2.75, 3.05) is 0 Å². The molecule has 2 rings (SSSR count). The van der Waals surface area contributed by atoms with Crippen molar-refractivity contribution in [3.05, 3.63) is 58.2 Å². The van der Waals surface area contributed by atoms with E-state index in [1.807, 2.05) is 0 Å². The third-order valence-electron chi connectivity index (χ3n) is 2.60. The molecule has 0 N–H and O–H groups in total. The molecule has 0 nitrogen and oxygen atoms in total. The number of halogens is 11. The van der Waals surface area contributed by atoms with E-state index in [-0.39, 0.29) is 12.4 Å². The Morgan fingerprint density at radius 1 is 0.333 bits per heavy atom. The fourth-order valence-electron chi connectivity index (χ4n) is 1.49. The first kappa shape index (κ1) is 20.9. The second-order valence-electron chi connectivity index (χ2n) is 3.95. The van der Waals surface area contributed by atoms with Crippen LogP contribution in [0.4, 0.5) is 43.9 Å². The van der Waals surface area contributed by atoms with Crippen LogP contribution in [0.25, 0.3) is 0 Å². The van der Waals surface area contributed by atoms with Crippen molar-refractivity contribution in [3.63, 3.8) is 0 Å². The molecule has 0 aromatic heterocycles. The van der Waals surface area contributed by atoms with Crippen molar-refractivity contribution in [2.45, 2.75) is 0 Å². The van der Waals surface area contributed by atoms with Gasteiger partial charge in [-0.3, -0.25) is 0 Å². The molecular weight excluding hydrogens is 491 g/mol. The first-order chi connectivity index (χ1) is 10.6. The van der Waals surface area contributed by atoms with Crippen molar-refractivity contribution < 1.29 is 56.3 Å². The van der Waals surface area contributed by atoms with Gasteiger partial charge < -0.3 is 12.4 Å². The van der Waals surface area contributed by atoms with Gasteiger partial charge in [0.15, 0.2) is 0 Å². The van der Waals surface area contributed by atoms with E-state index in [1.54, 1.807) is 0 Å². The summed E-state index contributed by atoms with van der Waals surface area (Å²) in [6.07, 6.45) is 0. The normalized spacial score (nSPS) is 10.8. The van der Waals surface area contributed by atoms with Crippen molar-refractivity contribution in [1.29, 1.82) is 0 Å². The van der Waals surface area contributed by atoms with E-state index in [4.69, 9.17) is 0 Å². The minimum atomic E-state index is -3.38. The van der Waals surface area contributed by atoms with E-state index in [2.05, 4.69) is 0 Å². The molecule has 0 aliphatic rings. The molecule has 0 atom stereocenters. The predicted octanol–water partition coefficient (Wildman–Crippen LogP) is -0.263. The number of benzene rings is 2. The van der Waals surface area contributed by atoms with Crippen molar-refractivity contribution in [2.24, 2.45) is 0 Å².